The van der Waals surface area contributed by atoms with Gasteiger partial charge in [0.15, 0.2) is 5.15 Å². The molecule has 0 saturated heterocycles. The molecule has 11 heteroatoms. The molecule has 0 N–H and O–H groups in total. The van der Waals surface area contributed by atoms with Crippen LogP contribution in [-0.4, -0.2) is 45.7 Å². The standard InChI is InChI=1S/C17H19ClF3N5O2/c1-3-25(15(27)7-6-12(2)24-28-11-17(19,20)21)14-10-26(23-16(14)18)13-5-4-8-22-9-13/h4-5,8-10H,3,6-7,11H2,1-2H3. The molecule has 0 atom stereocenters. The van der Waals surface area contributed by atoms with Crippen molar-refractivity contribution in [1.29, 1.82) is 0 Å². The van der Waals surface area contributed by atoms with Crippen molar-refractivity contribution in [3.05, 3.63) is 35.9 Å². The molecule has 2 rings (SSSR count). The number of anilines is 1. The van der Waals surface area contributed by atoms with Gasteiger partial charge in [0, 0.05) is 19.2 Å². The van der Waals surface area contributed by atoms with Crippen LogP contribution in [0.15, 0.2) is 35.9 Å². The highest BCUT2D eigenvalue weighted by atomic mass is 35.5. The number of hydrogen-bond acceptors (Lipinski definition) is 5. The molecule has 0 aliphatic heterocycles. The van der Waals surface area contributed by atoms with Crippen molar-refractivity contribution in [2.24, 2.45) is 5.16 Å². The quantitative estimate of drug-likeness (QED) is 0.480. The number of rotatable bonds is 8. The Kier molecular flexibility index (Phi) is 7.38. The topological polar surface area (TPSA) is 72.6 Å². The van der Waals surface area contributed by atoms with Gasteiger partial charge < -0.3 is 9.74 Å². The number of pyridine rings is 1. The van der Waals surface area contributed by atoms with Crippen molar-refractivity contribution in [3.63, 3.8) is 0 Å². The van der Waals surface area contributed by atoms with E-state index in [0.717, 1.165) is 0 Å². The lowest BCUT2D eigenvalue weighted by atomic mass is 10.2. The molecule has 1 amide bonds. The summed E-state index contributed by atoms with van der Waals surface area (Å²) in [4.78, 5) is 22.2. The molecule has 0 fully saturated rings. The fourth-order valence-electron chi connectivity index (χ4n) is 2.31. The van der Waals surface area contributed by atoms with E-state index in [1.165, 1.54) is 16.5 Å². The van der Waals surface area contributed by atoms with Gasteiger partial charge in [-0.2, -0.15) is 18.3 Å². The summed E-state index contributed by atoms with van der Waals surface area (Å²) in [5.74, 6) is -0.263. The fourth-order valence-corrected chi connectivity index (χ4v) is 2.54. The van der Waals surface area contributed by atoms with Crippen molar-refractivity contribution in [2.45, 2.75) is 32.9 Å². The van der Waals surface area contributed by atoms with E-state index >= 15 is 0 Å². The van der Waals surface area contributed by atoms with Gasteiger partial charge in [0.25, 0.3) is 0 Å². The van der Waals surface area contributed by atoms with Gasteiger partial charge in [0.2, 0.25) is 12.5 Å². The molecule has 152 valence electrons. The smallest absolute Gasteiger partial charge is 0.386 e. The van der Waals surface area contributed by atoms with Crippen molar-refractivity contribution >= 4 is 28.9 Å². The molecule has 0 spiro atoms. The summed E-state index contributed by atoms with van der Waals surface area (Å²) < 4.78 is 37.6. The Balaban J connectivity index is 2.02. The molecule has 0 aromatic carbocycles. The first-order valence-corrected chi connectivity index (χ1v) is 8.77. The lowest BCUT2D eigenvalue weighted by Gasteiger charge is -2.19. The third-order valence-electron chi connectivity index (χ3n) is 3.62. The van der Waals surface area contributed by atoms with Crippen molar-refractivity contribution in [1.82, 2.24) is 14.8 Å². The summed E-state index contributed by atoms with van der Waals surface area (Å²) >= 11 is 6.19. The van der Waals surface area contributed by atoms with Crippen LogP contribution >= 0.6 is 11.6 Å². The first kappa shape index (κ1) is 21.7. The highest BCUT2D eigenvalue weighted by molar-refractivity contribution is 6.32. The Morgan fingerprint density at radius 2 is 2.14 bits per heavy atom. The Labute approximate surface area is 164 Å². The Bertz CT molecular complexity index is 824. The average Bonchev–Trinajstić information content (AvgIpc) is 3.02. The monoisotopic (exact) mass is 417 g/mol. The zero-order valence-electron chi connectivity index (χ0n) is 15.3. The van der Waals surface area contributed by atoms with Crippen LogP contribution in [0.25, 0.3) is 5.69 Å². The lowest BCUT2D eigenvalue weighted by Crippen LogP contribution is -2.30. The van der Waals surface area contributed by atoms with Gasteiger partial charge in [-0.25, -0.2) is 4.68 Å². The van der Waals surface area contributed by atoms with E-state index < -0.39 is 12.8 Å². The molecule has 0 aliphatic carbocycles. The number of amides is 1. The highest BCUT2D eigenvalue weighted by Gasteiger charge is 2.28. The number of alkyl halides is 3. The summed E-state index contributed by atoms with van der Waals surface area (Å²) in [5.41, 5.74) is 1.40. The van der Waals surface area contributed by atoms with Crippen LogP contribution < -0.4 is 4.90 Å². The summed E-state index contributed by atoms with van der Waals surface area (Å²) in [6.45, 7) is 2.15. The van der Waals surface area contributed by atoms with Gasteiger partial charge in [-0.3, -0.25) is 9.78 Å². The highest BCUT2D eigenvalue weighted by Crippen LogP contribution is 2.26. The largest absolute Gasteiger partial charge is 0.425 e. The van der Waals surface area contributed by atoms with Crippen molar-refractivity contribution in [3.8, 4) is 5.69 Å². The number of carbonyl (C=O) groups is 1. The van der Waals surface area contributed by atoms with Crippen molar-refractivity contribution in [2.75, 3.05) is 18.1 Å². The minimum Gasteiger partial charge on any atom is -0.386 e. The molecule has 2 aromatic rings. The van der Waals surface area contributed by atoms with Crippen LogP contribution in [0.1, 0.15) is 26.7 Å². The van der Waals surface area contributed by atoms with Gasteiger partial charge in [-0.15, -0.1) is 0 Å². The first-order valence-electron chi connectivity index (χ1n) is 8.39. The second-order valence-corrected chi connectivity index (χ2v) is 6.17. The average molecular weight is 418 g/mol. The molecule has 0 unspecified atom stereocenters. The Morgan fingerprint density at radius 3 is 2.75 bits per heavy atom. The predicted molar refractivity (Wildman–Crippen MR) is 98.7 cm³/mol. The van der Waals surface area contributed by atoms with Gasteiger partial charge in [0.05, 0.1) is 23.8 Å². The van der Waals surface area contributed by atoms with Gasteiger partial charge in [-0.1, -0.05) is 16.8 Å². The zero-order valence-corrected chi connectivity index (χ0v) is 16.0. The van der Waals surface area contributed by atoms with Crippen LogP contribution in [-0.2, 0) is 9.63 Å². The third-order valence-corrected chi connectivity index (χ3v) is 3.89. The number of oxime groups is 1. The minimum atomic E-state index is -4.45. The minimum absolute atomic E-state index is 0.0347. The van der Waals surface area contributed by atoms with Gasteiger partial charge >= 0.3 is 6.18 Å². The summed E-state index contributed by atoms with van der Waals surface area (Å²) in [6, 6.07) is 3.54. The van der Waals surface area contributed by atoms with E-state index in [1.807, 2.05) is 0 Å². The van der Waals surface area contributed by atoms with Crippen LogP contribution in [0.3, 0.4) is 0 Å². The molecule has 0 aliphatic rings. The maximum absolute atomic E-state index is 12.6. The maximum Gasteiger partial charge on any atom is 0.425 e. The zero-order chi connectivity index (χ0) is 20.7. The Morgan fingerprint density at radius 1 is 1.39 bits per heavy atom. The number of carbonyl (C=O) groups excluding carboxylic acids is 1. The number of nitrogens with zero attached hydrogens (tertiary/aromatic N) is 5. The normalized spacial score (nSPS) is 12.1. The second-order valence-electron chi connectivity index (χ2n) is 5.81. The Hall–Kier alpha value is -2.62. The van der Waals surface area contributed by atoms with Gasteiger partial charge in [-0.05, 0) is 32.4 Å². The van der Waals surface area contributed by atoms with Crippen molar-refractivity contribution < 1.29 is 22.8 Å². The van der Waals surface area contributed by atoms with Crippen LogP contribution in [0.2, 0.25) is 5.15 Å². The second kappa shape index (κ2) is 9.54. The molecule has 7 nitrogen and oxygen atoms in total. The summed E-state index contributed by atoms with van der Waals surface area (Å²) in [5, 5.41) is 7.72. The molecular weight excluding hydrogens is 399 g/mol. The predicted octanol–water partition coefficient (Wildman–Crippen LogP) is 4.01. The van der Waals surface area contributed by atoms with E-state index in [0.29, 0.717) is 17.9 Å². The molecule has 2 aromatic heterocycles. The summed E-state index contributed by atoms with van der Waals surface area (Å²) in [6.07, 6.45) is 0.581. The third kappa shape index (κ3) is 6.22. The number of aromatic nitrogens is 3. The summed E-state index contributed by atoms with van der Waals surface area (Å²) in [7, 11) is 0. The molecule has 0 bridgehead atoms. The van der Waals surface area contributed by atoms with E-state index in [4.69, 9.17) is 11.6 Å². The molecule has 2 heterocycles. The molecule has 0 radical (unpaired) electrons. The maximum atomic E-state index is 12.6. The van der Waals surface area contributed by atoms with E-state index in [1.54, 1.807) is 37.6 Å². The van der Waals surface area contributed by atoms with Crippen LogP contribution in [0.5, 0.6) is 0 Å². The number of hydrogen-bond donors (Lipinski definition) is 0. The van der Waals surface area contributed by atoms with E-state index in [-0.39, 0.29) is 29.6 Å². The van der Waals surface area contributed by atoms with E-state index in [2.05, 4.69) is 20.1 Å². The van der Waals surface area contributed by atoms with Crippen LogP contribution in [0, 0.1) is 0 Å². The number of halogens is 4. The van der Waals surface area contributed by atoms with Gasteiger partial charge in [0.1, 0.15) is 5.69 Å². The first-order chi connectivity index (χ1) is 13.2. The SMILES string of the molecule is CCN(C(=O)CCC(C)=NOCC(F)(F)F)c1cn(-c2cccnc2)nc1Cl. The lowest BCUT2D eigenvalue weighted by molar-refractivity contribution is -0.173. The molecule has 28 heavy (non-hydrogen) atoms. The van der Waals surface area contributed by atoms with E-state index in [9.17, 15) is 18.0 Å². The molecular formula is C17H19ClF3N5O2. The fraction of sp³-hybridized carbons (Fsp3) is 0.412. The molecule has 0 saturated carbocycles. The van der Waals surface area contributed by atoms with Crippen LogP contribution in [0.4, 0.5) is 18.9 Å².